The lowest BCUT2D eigenvalue weighted by atomic mass is 9.79. The fourth-order valence-corrected chi connectivity index (χ4v) is 3.30. The highest BCUT2D eigenvalue weighted by molar-refractivity contribution is 5.77. The van der Waals surface area contributed by atoms with Gasteiger partial charge in [-0.15, -0.1) is 0 Å². The van der Waals surface area contributed by atoms with E-state index in [1.54, 1.807) is 0 Å². The van der Waals surface area contributed by atoms with Crippen LogP contribution in [0, 0.1) is 5.92 Å². The number of amides is 1. The normalized spacial score (nSPS) is 28.2. The van der Waals surface area contributed by atoms with Gasteiger partial charge in [-0.3, -0.25) is 4.79 Å². The third-order valence-electron chi connectivity index (χ3n) is 4.18. The summed E-state index contributed by atoms with van der Waals surface area (Å²) in [6.45, 7) is 0.803. The number of fused-ring (bicyclic) bond motifs is 2. The number of piperidine rings is 1. The number of carbonyl (C=O) groups excluding carboxylic acids is 1. The van der Waals surface area contributed by atoms with Gasteiger partial charge in [-0.2, -0.15) is 0 Å². The van der Waals surface area contributed by atoms with Gasteiger partial charge in [-0.05, 0) is 30.7 Å². The van der Waals surface area contributed by atoms with Crippen LogP contribution < -0.4 is 0 Å². The van der Waals surface area contributed by atoms with Gasteiger partial charge in [0, 0.05) is 19.0 Å². The molecule has 2 bridgehead atoms. The van der Waals surface area contributed by atoms with Crippen molar-refractivity contribution < 1.29 is 4.79 Å². The molecule has 0 N–H and O–H groups in total. The molecule has 1 aromatic rings. The third-order valence-corrected chi connectivity index (χ3v) is 4.18. The molecule has 1 amide bonds. The van der Waals surface area contributed by atoms with E-state index in [1.165, 1.54) is 31.2 Å². The number of rotatable bonds is 2. The molecule has 0 unspecified atom stereocenters. The molecule has 0 aromatic heterocycles. The molecule has 0 spiro atoms. The Morgan fingerprint density at radius 1 is 1.18 bits per heavy atom. The van der Waals surface area contributed by atoms with Crippen LogP contribution in [-0.2, 0) is 11.3 Å². The highest BCUT2D eigenvalue weighted by Crippen LogP contribution is 2.35. The van der Waals surface area contributed by atoms with Crippen LogP contribution >= 0.6 is 0 Å². The van der Waals surface area contributed by atoms with E-state index in [2.05, 4.69) is 17.0 Å². The Morgan fingerprint density at radius 2 is 2.00 bits per heavy atom. The molecule has 1 heterocycles. The van der Waals surface area contributed by atoms with E-state index in [9.17, 15) is 4.79 Å². The van der Waals surface area contributed by atoms with Crippen molar-refractivity contribution in [3.8, 4) is 0 Å². The van der Waals surface area contributed by atoms with E-state index in [0.29, 0.717) is 17.9 Å². The molecule has 2 aliphatic rings. The Hall–Kier alpha value is -1.31. The fraction of sp³-hybridized carbons (Fsp3) is 0.533. The van der Waals surface area contributed by atoms with Crippen LogP contribution in [0.25, 0.3) is 0 Å². The molecular weight excluding hydrogens is 210 g/mol. The molecule has 1 aliphatic carbocycles. The highest BCUT2D eigenvalue weighted by atomic mass is 16.2. The van der Waals surface area contributed by atoms with Gasteiger partial charge in [0.15, 0.2) is 0 Å². The predicted molar refractivity (Wildman–Crippen MR) is 67.4 cm³/mol. The van der Waals surface area contributed by atoms with Gasteiger partial charge in [-0.25, -0.2) is 0 Å². The number of carbonyl (C=O) groups is 1. The molecule has 2 heteroatoms. The molecule has 1 aliphatic heterocycles. The molecule has 17 heavy (non-hydrogen) atoms. The van der Waals surface area contributed by atoms with Crippen LogP contribution in [0.2, 0.25) is 0 Å². The molecule has 0 radical (unpaired) electrons. The second kappa shape index (κ2) is 4.52. The summed E-state index contributed by atoms with van der Waals surface area (Å²) in [5.41, 5.74) is 1.25. The van der Waals surface area contributed by atoms with Crippen molar-refractivity contribution in [3.05, 3.63) is 35.9 Å². The van der Waals surface area contributed by atoms with Gasteiger partial charge >= 0.3 is 0 Å². The first-order valence-electron chi connectivity index (χ1n) is 6.66. The zero-order valence-corrected chi connectivity index (χ0v) is 10.1. The topological polar surface area (TPSA) is 20.3 Å². The summed E-state index contributed by atoms with van der Waals surface area (Å²) in [5, 5.41) is 0. The first-order valence-corrected chi connectivity index (χ1v) is 6.66. The summed E-state index contributed by atoms with van der Waals surface area (Å²) in [6, 6.07) is 10.9. The average molecular weight is 229 g/mol. The van der Waals surface area contributed by atoms with E-state index in [1.807, 2.05) is 18.2 Å². The quantitative estimate of drug-likeness (QED) is 0.763. The van der Waals surface area contributed by atoms with Crippen molar-refractivity contribution in [2.24, 2.45) is 5.92 Å². The molecule has 90 valence electrons. The van der Waals surface area contributed by atoms with E-state index in [0.717, 1.165) is 13.0 Å². The molecule has 2 atom stereocenters. The summed E-state index contributed by atoms with van der Waals surface area (Å²) in [4.78, 5) is 14.3. The van der Waals surface area contributed by atoms with E-state index in [-0.39, 0.29) is 0 Å². The number of hydrogen-bond donors (Lipinski definition) is 0. The van der Waals surface area contributed by atoms with Crippen LogP contribution in [0.5, 0.6) is 0 Å². The van der Waals surface area contributed by atoms with Crippen LogP contribution in [0.3, 0.4) is 0 Å². The maximum absolute atomic E-state index is 12.1. The van der Waals surface area contributed by atoms with Gasteiger partial charge in [0.2, 0.25) is 5.91 Å². The molecule has 1 aromatic carbocycles. The Labute approximate surface area is 103 Å². The summed E-state index contributed by atoms with van der Waals surface area (Å²) in [5.74, 6) is 1.04. The van der Waals surface area contributed by atoms with Crippen molar-refractivity contribution in [2.75, 3.05) is 0 Å². The van der Waals surface area contributed by atoms with Gasteiger partial charge in [-0.1, -0.05) is 36.8 Å². The minimum atomic E-state index is 0.370. The van der Waals surface area contributed by atoms with Crippen LogP contribution in [0.4, 0.5) is 0 Å². The molecular formula is C15H19NO. The SMILES string of the molecule is O=C1C[C@@H]2CCC[C@@H](C2)N1Cc1ccccc1. The first-order chi connectivity index (χ1) is 8.33. The van der Waals surface area contributed by atoms with E-state index in [4.69, 9.17) is 0 Å². The van der Waals surface area contributed by atoms with Gasteiger partial charge < -0.3 is 4.90 Å². The average Bonchev–Trinajstić information content (AvgIpc) is 2.36. The third kappa shape index (κ3) is 2.21. The van der Waals surface area contributed by atoms with E-state index < -0.39 is 0 Å². The maximum Gasteiger partial charge on any atom is 0.223 e. The van der Waals surface area contributed by atoms with E-state index >= 15 is 0 Å². The summed E-state index contributed by atoms with van der Waals surface area (Å²) < 4.78 is 0. The van der Waals surface area contributed by atoms with Gasteiger partial charge in [0.25, 0.3) is 0 Å². The predicted octanol–water partition coefficient (Wildman–Crippen LogP) is 2.98. The molecule has 2 fully saturated rings. The van der Waals surface area contributed by atoms with Crippen LogP contribution in [0.15, 0.2) is 30.3 Å². The minimum absolute atomic E-state index is 0.370. The lowest BCUT2D eigenvalue weighted by Gasteiger charge is -2.42. The van der Waals surface area contributed by atoms with Crippen molar-refractivity contribution >= 4 is 5.91 Å². The molecule has 2 nitrogen and oxygen atoms in total. The van der Waals surface area contributed by atoms with Gasteiger partial charge in [0.05, 0.1) is 0 Å². The zero-order valence-electron chi connectivity index (χ0n) is 10.1. The lowest BCUT2D eigenvalue weighted by Crippen LogP contribution is -2.47. The summed E-state index contributed by atoms with van der Waals surface area (Å²) in [6.07, 6.45) is 5.78. The number of likely N-dealkylation sites (tertiary alicyclic amines) is 1. The maximum atomic E-state index is 12.1. The van der Waals surface area contributed by atoms with Crippen molar-refractivity contribution in [1.29, 1.82) is 0 Å². The molecule has 1 saturated carbocycles. The summed E-state index contributed by atoms with van der Waals surface area (Å²) in [7, 11) is 0. The smallest absolute Gasteiger partial charge is 0.223 e. The Bertz CT molecular complexity index is 401. The van der Waals surface area contributed by atoms with Crippen molar-refractivity contribution in [2.45, 2.75) is 44.7 Å². The second-order valence-corrected chi connectivity index (χ2v) is 5.40. The monoisotopic (exact) mass is 229 g/mol. The number of hydrogen-bond acceptors (Lipinski definition) is 1. The van der Waals surface area contributed by atoms with Crippen molar-refractivity contribution in [3.63, 3.8) is 0 Å². The Balaban J connectivity index is 1.75. The second-order valence-electron chi connectivity index (χ2n) is 5.40. The van der Waals surface area contributed by atoms with Crippen LogP contribution in [0.1, 0.15) is 37.7 Å². The highest BCUT2D eigenvalue weighted by Gasteiger charge is 2.35. The molecule has 3 rings (SSSR count). The van der Waals surface area contributed by atoms with Crippen molar-refractivity contribution in [1.82, 2.24) is 4.90 Å². The summed E-state index contributed by atoms with van der Waals surface area (Å²) >= 11 is 0. The largest absolute Gasteiger partial charge is 0.335 e. The Kier molecular flexibility index (Phi) is 2.87. The number of benzene rings is 1. The number of nitrogens with zero attached hydrogens (tertiary/aromatic N) is 1. The lowest BCUT2D eigenvalue weighted by molar-refractivity contribution is -0.141. The zero-order chi connectivity index (χ0) is 11.7. The van der Waals surface area contributed by atoms with Gasteiger partial charge in [0.1, 0.15) is 0 Å². The Morgan fingerprint density at radius 3 is 2.82 bits per heavy atom. The standard InChI is InChI=1S/C15H19NO/c17-15-10-13-7-4-8-14(9-13)16(15)11-12-5-2-1-3-6-12/h1-3,5-6,13-14H,4,7-11H2/t13-,14+/m1/s1. The van der Waals surface area contributed by atoms with Crippen LogP contribution in [-0.4, -0.2) is 16.8 Å². The minimum Gasteiger partial charge on any atom is -0.335 e. The molecule has 1 saturated heterocycles. The fourth-order valence-electron chi connectivity index (χ4n) is 3.30. The first kappa shape index (κ1) is 10.8.